The summed E-state index contributed by atoms with van der Waals surface area (Å²) in [5.41, 5.74) is 0.0574. The lowest BCUT2D eigenvalue weighted by Gasteiger charge is -2.48. The molecule has 1 saturated heterocycles. The van der Waals surface area contributed by atoms with E-state index in [0.717, 1.165) is 25.7 Å². The average molecular weight is 267 g/mol. The molecule has 0 bridgehead atoms. The molecule has 2 atom stereocenters. The summed E-state index contributed by atoms with van der Waals surface area (Å²) in [5, 5.41) is 9.95. The van der Waals surface area contributed by atoms with Gasteiger partial charge in [-0.2, -0.15) is 0 Å². The Bertz CT molecular complexity index is 373. The zero-order chi connectivity index (χ0) is 13.5. The molecule has 19 heavy (non-hydrogen) atoms. The minimum Gasteiger partial charge on any atom is -0.393 e. The van der Waals surface area contributed by atoms with Crippen molar-refractivity contribution in [3.05, 3.63) is 0 Å². The molecule has 0 radical (unpaired) electrons. The van der Waals surface area contributed by atoms with Crippen molar-refractivity contribution in [3.8, 4) is 0 Å². The van der Waals surface area contributed by atoms with Crippen LogP contribution in [0.5, 0.6) is 0 Å². The second kappa shape index (κ2) is 4.87. The van der Waals surface area contributed by atoms with E-state index >= 15 is 0 Å². The molecule has 2 saturated carbocycles. The number of carbonyl (C=O) groups excluding carboxylic acids is 2. The third-order valence-corrected chi connectivity index (χ3v) is 5.08. The van der Waals surface area contributed by atoms with E-state index in [2.05, 4.69) is 0 Å². The number of amides is 2. The van der Waals surface area contributed by atoms with Gasteiger partial charge in [-0.25, -0.2) is 0 Å². The third kappa shape index (κ3) is 2.19. The van der Waals surface area contributed by atoms with Crippen molar-refractivity contribution < 1.29 is 19.4 Å². The van der Waals surface area contributed by atoms with Crippen LogP contribution in [0, 0.1) is 5.41 Å². The summed E-state index contributed by atoms with van der Waals surface area (Å²) in [6.07, 6.45) is 6.35. The number of aliphatic hydroxyl groups is 1. The number of ether oxygens (including phenoxy) is 1. The monoisotopic (exact) mass is 267 g/mol. The van der Waals surface area contributed by atoms with Gasteiger partial charge in [-0.15, -0.1) is 0 Å². The van der Waals surface area contributed by atoms with Gasteiger partial charge in [0.25, 0.3) is 11.8 Å². The van der Waals surface area contributed by atoms with Crippen molar-refractivity contribution in [2.45, 2.75) is 57.1 Å². The first-order chi connectivity index (χ1) is 9.12. The minimum absolute atomic E-state index is 0.00554. The Kier molecular flexibility index (Phi) is 3.35. The summed E-state index contributed by atoms with van der Waals surface area (Å²) in [7, 11) is 0. The highest BCUT2D eigenvalue weighted by atomic mass is 16.5. The van der Waals surface area contributed by atoms with Crippen molar-refractivity contribution in [2.75, 3.05) is 13.2 Å². The molecule has 5 nitrogen and oxygen atoms in total. The Balaban J connectivity index is 1.89. The highest BCUT2D eigenvalue weighted by Gasteiger charge is 2.50. The zero-order valence-corrected chi connectivity index (χ0v) is 11.1. The third-order valence-electron chi connectivity index (χ3n) is 5.08. The van der Waals surface area contributed by atoms with E-state index in [1.807, 2.05) is 0 Å². The maximum Gasteiger partial charge on any atom is 0.255 e. The zero-order valence-electron chi connectivity index (χ0n) is 11.1. The molecule has 3 aliphatic rings. The van der Waals surface area contributed by atoms with Gasteiger partial charge < -0.3 is 9.84 Å². The molecular formula is C14H21NO4. The first kappa shape index (κ1) is 13.1. The van der Waals surface area contributed by atoms with Crippen molar-refractivity contribution in [1.82, 2.24) is 4.90 Å². The molecule has 0 aromatic heterocycles. The van der Waals surface area contributed by atoms with Crippen LogP contribution in [0.2, 0.25) is 0 Å². The number of hydrogen-bond acceptors (Lipinski definition) is 4. The Morgan fingerprint density at radius 2 is 1.74 bits per heavy atom. The number of imide groups is 1. The predicted octanol–water partition coefficient (Wildman–Crippen LogP) is 0.846. The van der Waals surface area contributed by atoms with E-state index < -0.39 is 0 Å². The molecule has 5 heteroatoms. The highest BCUT2D eigenvalue weighted by Crippen LogP contribution is 2.51. The summed E-state index contributed by atoms with van der Waals surface area (Å²) in [6, 6.07) is -0.123. The molecular weight excluding hydrogens is 246 g/mol. The second-order valence-corrected chi connectivity index (χ2v) is 6.16. The lowest BCUT2D eigenvalue weighted by molar-refractivity contribution is -0.168. The van der Waals surface area contributed by atoms with Gasteiger partial charge in [0.05, 0.1) is 6.10 Å². The molecule has 1 N–H and O–H groups in total. The van der Waals surface area contributed by atoms with Gasteiger partial charge in [0.15, 0.2) is 0 Å². The summed E-state index contributed by atoms with van der Waals surface area (Å²) in [6.45, 7) is -0.0111. The minimum atomic E-state index is -0.389. The van der Waals surface area contributed by atoms with Gasteiger partial charge in [-0.05, 0) is 37.5 Å². The molecule has 2 aliphatic carbocycles. The van der Waals surface area contributed by atoms with Crippen LogP contribution in [-0.4, -0.2) is 47.2 Å². The number of carbonyl (C=O) groups is 2. The molecule has 3 rings (SSSR count). The van der Waals surface area contributed by atoms with Gasteiger partial charge in [0.2, 0.25) is 0 Å². The van der Waals surface area contributed by atoms with E-state index in [0.29, 0.717) is 6.42 Å². The van der Waals surface area contributed by atoms with E-state index in [-0.39, 0.29) is 42.6 Å². The average Bonchev–Trinajstić information content (AvgIpc) is 2.83. The number of hydrogen-bond donors (Lipinski definition) is 1. The van der Waals surface area contributed by atoms with Crippen LogP contribution >= 0.6 is 0 Å². The molecule has 0 aromatic rings. The SMILES string of the molecule is O=C1COCC(=O)N1C1CC(O)CCC12CCCC2. The number of aliphatic hydroxyl groups excluding tert-OH is 1. The molecule has 0 aromatic carbocycles. The van der Waals surface area contributed by atoms with E-state index in [9.17, 15) is 14.7 Å². The molecule has 3 fully saturated rings. The Hall–Kier alpha value is -0.940. The van der Waals surface area contributed by atoms with Crippen LogP contribution in [0.3, 0.4) is 0 Å². The maximum atomic E-state index is 12.0. The first-order valence-electron chi connectivity index (χ1n) is 7.23. The number of morpholine rings is 1. The summed E-state index contributed by atoms with van der Waals surface area (Å²) >= 11 is 0. The smallest absolute Gasteiger partial charge is 0.255 e. The lowest BCUT2D eigenvalue weighted by Crippen LogP contribution is -2.59. The van der Waals surface area contributed by atoms with Crippen LogP contribution in [0.15, 0.2) is 0 Å². The largest absolute Gasteiger partial charge is 0.393 e. The van der Waals surface area contributed by atoms with Crippen LogP contribution in [0.1, 0.15) is 44.9 Å². The molecule has 2 unspecified atom stereocenters. The van der Waals surface area contributed by atoms with Crippen LogP contribution in [0.25, 0.3) is 0 Å². The summed E-state index contributed by atoms with van der Waals surface area (Å²) in [5.74, 6) is -0.469. The number of rotatable bonds is 1. The van der Waals surface area contributed by atoms with Gasteiger partial charge in [0.1, 0.15) is 13.2 Å². The van der Waals surface area contributed by atoms with Gasteiger partial charge in [-0.1, -0.05) is 12.8 Å². The Morgan fingerprint density at radius 1 is 1.11 bits per heavy atom. The molecule has 1 spiro atoms. The van der Waals surface area contributed by atoms with Crippen molar-refractivity contribution in [1.29, 1.82) is 0 Å². The normalized spacial score (nSPS) is 35.1. The van der Waals surface area contributed by atoms with Crippen molar-refractivity contribution in [2.24, 2.45) is 5.41 Å². The van der Waals surface area contributed by atoms with Gasteiger partial charge in [0, 0.05) is 6.04 Å². The molecule has 106 valence electrons. The van der Waals surface area contributed by atoms with E-state index in [4.69, 9.17) is 4.74 Å². The molecule has 1 heterocycles. The second-order valence-electron chi connectivity index (χ2n) is 6.16. The molecule has 2 amide bonds. The van der Waals surface area contributed by atoms with Crippen LogP contribution < -0.4 is 0 Å². The standard InChI is InChI=1S/C14H21NO4/c16-10-3-6-14(4-1-2-5-14)11(7-10)15-12(17)8-19-9-13(15)18/h10-11,16H,1-9H2. The van der Waals surface area contributed by atoms with Crippen molar-refractivity contribution >= 4 is 11.8 Å². The van der Waals surface area contributed by atoms with Gasteiger partial charge in [-0.3, -0.25) is 14.5 Å². The van der Waals surface area contributed by atoms with Crippen LogP contribution in [0.4, 0.5) is 0 Å². The fraction of sp³-hybridized carbons (Fsp3) is 0.857. The Morgan fingerprint density at radius 3 is 2.37 bits per heavy atom. The highest BCUT2D eigenvalue weighted by molar-refractivity contribution is 5.98. The lowest BCUT2D eigenvalue weighted by atomic mass is 9.67. The predicted molar refractivity (Wildman–Crippen MR) is 67.2 cm³/mol. The Labute approximate surface area is 112 Å². The molecule has 1 aliphatic heterocycles. The summed E-state index contributed by atoms with van der Waals surface area (Å²) in [4.78, 5) is 25.5. The van der Waals surface area contributed by atoms with Crippen molar-refractivity contribution in [3.63, 3.8) is 0 Å². The number of nitrogens with zero attached hydrogens (tertiary/aromatic N) is 1. The van der Waals surface area contributed by atoms with E-state index in [1.165, 1.54) is 17.7 Å². The van der Waals surface area contributed by atoms with Crippen LogP contribution in [-0.2, 0) is 14.3 Å². The topological polar surface area (TPSA) is 66.8 Å². The maximum absolute atomic E-state index is 12.0. The van der Waals surface area contributed by atoms with Gasteiger partial charge >= 0.3 is 0 Å². The fourth-order valence-electron chi connectivity index (χ4n) is 4.14. The summed E-state index contributed by atoms with van der Waals surface area (Å²) < 4.78 is 4.99. The quantitative estimate of drug-likeness (QED) is 0.715. The fourth-order valence-corrected chi connectivity index (χ4v) is 4.14. The first-order valence-corrected chi connectivity index (χ1v) is 7.23. The van der Waals surface area contributed by atoms with E-state index in [1.54, 1.807) is 0 Å².